The van der Waals surface area contributed by atoms with Gasteiger partial charge >= 0.3 is 0 Å². The number of rotatable bonds is 3. The maximum Gasteiger partial charge on any atom is 0.161 e. The van der Waals surface area contributed by atoms with Crippen LogP contribution in [0.1, 0.15) is 37.7 Å². The highest BCUT2D eigenvalue weighted by atomic mass is 127. The summed E-state index contributed by atoms with van der Waals surface area (Å²) in [5.74, 6) is 0. The van der Waals surface area contributed by atoms with Crippen molar-refractivity contribution in [3.63, 3.8) is 0 Å². The minimum Gasteiger partial charge on any atom is -0.293 e. The van der Waals surface area contributed by atoms with Crippen LogP contribution >= 0.6 is 22.6 Å². The van der Waals surface area contributed by atoms with Crippen molar-refractivity contribution in [1.82, 2.24) is 4.90 Å². The quantitative estimate of drug-likeness (QED) is 0.564. The molecule has 1 saturated carbocycles. The first-order valence-electron chi connectivity index (χ1n) is 7.59. The third-order valence-electron chi connectivity index (χ3n) is 4.96. The highest BCUT2D eigenvalue weighted by Crippen LogP contribution is 2.44. The molecule has 0 atom stereocenters. The largest absolute Gasteiger partial charge is 0.293 e. The highest BCUT2D eigenvalue weighted by Gasteiger charge is 2.48. The lowest BCUT2D eigenvalue weighted by molar-refractivity contribution is -0.0703. The molecule has 1 aliphatic carbocycles. The van der Waals surface area contributed by atoms with E-state index in [9.17, 15) is 4.39 Å². The van der Waals surface area contributed by atoms with Crippen molar-refractivity contribution in [3.8, 4) is 6.07 Å². The topological polar surface area (TPSA) is 27.0 Å². The molecule has 1 saturated heterocycles. The SMILES string of the molecule is N#CC[C@]1(I)CC[C@H](N2CC(F)(c3ccccc3)C2)CC1. The number of hydrogen-bond acceptors (Lipinski definition) is 2. The summed E-state index contributed by atoms with van der Waals surface area (Å²) in [7, 11) is 0. The molecule has 21 heavy (non-hydrogen) atoms. The summed E-state index contributed by atoms with van der Waals surface area (Å²) in [5, 5.41) is 8.90. The van der Waals surface area contributed by atoms with Crippen LogP contribution in [0.3, 0.4) is 0 Å². The van der Waals surface area contributed by atoms with E-state index in [1.807, 2.05) is 30.3 Å². The van der Waals surface area contributed by atoms with Crippen molar-refractivity contribution in [3.05, 3.63) is 35.9 Å². The summed E-state index contributed by atoms with van der Waals surface area (Å²) in [6.45, 7) is 1.04. The Labute approximate surface area is 139 Å². The van der Waals surface area contributed by atoms with Crippen LogP contribution in [0.2, 0.25) is 0 Å². The van der Waals surface area contributed by atoms with Crippen molar-refractivity contribution >= 4 is 22.6 Å². The zero-order valence-electron chi connectivity index (χ0n) is 12.1. The summed E-state index contributed by atoms with van der Waals surface area (Å²) in [4.78, 5) is 2.29. The maximum absolute atomic E-state index is 14.8. The lowest BCUT2D eigenvalue weighted by Gasteiger charge is -2.51. The number of halogens is 2. The molecule has 3 rings (SSSR count). The van der Waals surface area contributed by atoms with Crippen LogP contribution in [-0.2, 0) is 5.67 Å². The van der Waals surface area contributed by atoms with E-state index >= 15 is 0 Å². The summed E-state index contributed by atoms with van der Waals surface area (Å²) in [6.07, 6.45) is 4.97. The van der Waals surface area contributed by atoms with Gasteiger partial charge in [0.25, 0.3) is 0 Å². The van der Waals surface area contributed by atoms with E-state index in [2.05, 4.69) is 33.6 Å². The predicted octanol–water partition coefficient (Wildman–Crippen LogP) is 4.20. The summed E-state index contributed by atoms with van der Waals surface area (Å²) in [5.41, 5.74) is -0.350. The summed E-state index contributed by atoms with van der Waals surface area (Å²) >= 11 is 2.45. The summed E-state index contributed by atoms with van der Waals surface area (Å²) < 4.78 is 15.0. The molecule has 0 bridgehead atoms. The molecule has 4 heteroatoms. The number of hydrogen-bond donors (Lipinski definition) is 0. The van der Waals surface area contributed by atoms with Gasteiger partial charge in [0, 0.05) is 29.0 Å². The first kappa shape index (κ1) is 15.2. The molecule has 2 aliphatic rings. The number of nitrogens with zero attached hydrogens (tertiary/aromatic N) is 2. The predicted molar refractivity (Wildman–Crippen MR) is 90.0 cm³/mol. The molecular weight excluding hydrogens is 378 g/mol. The van der Waals surface area contributed by atoms with Gasteiger partial charge in [-0.15, -0.1) is 0 Å². The van der Waals surface area contributed by atoms with Gasteiger partial charge in [-0.05, 0) is 31.2 Å². The Hall–Kier alpha value is -0.670. The minimum absolute atomic E-state index is 0.153. The standard InChI is InChI=1S/C17H20FIN2/c18-17(14-4-2-1-3-5-14)12-21(13-17)15-6-8-16(19,9-7-15)10-11-20/h1-5,15H,6-10,12-13H2/t15-,16-. The fourth-order valence-corrected chi connectivity index (χ4v) is 4.37. The minimum atomic E-state index is -1.16. The van der Waals surface area contributed by atoms with Crippen LogP contribution in [-0.4, -0.2) is 27.5 Å². The third kappa shape index (κ3) is 3.09. The molecule has 0 aromatic heterocycles. The Kier molecular flexibility index (Phi) is 4.24. The molecule has 0 unspecified atom stereocenters. The Morgan fingerprint density at radius 2 is 1.86 bits per heavy atom. The first-order valence-corrected chi connectivity index (χ1v) is 8.67. The van der Waals surface area contributed by atoms with Crippen LogP contribution in [0.15, 0.2) is 30.3 Å². The Morgan fingerprint density at radius 3 is 2.43 bits per heavy atom. The number of likely N-dealkylation sites (tertiary alicyclic amines) is 1. The third-order valence-corrected chi connectivity index (χ3v) is 6.42. The number of nitriles is 1. The van der Waals surface area contributed by atoms with E-state index in [4.69, 9.17) is 5.26 Å². The van der Waals surface area contributed by atoms with Crippen LogP contribution in [0.25, 0.3) is 0 Å². The molecule has 1 aliphatic heterocycles. The summed E-state index contributed by atoms with van der Waals surface area (Å²) in [6, 6.07) is 12.3. The van der Waals surface area contributed by atoms with E-state index < -0.39 is 5.67 Å². The highest BCUT2D eigenvalue weighted by molar-refractivity contribution is 14.1. The zero-order valence-corrected chi connectivity index (χ0v) is 14.2. The Bertz CT molecular complexity index is 525. The molecule has 1 heterocycles. The number of benzene rings is 1. The molecule has 0 spiro atoms. The second kappa shape index (κ2) is 5.85. The molecule has 2 fully saturated rings. The van der Waals surface area contributed by atoms with E-state index in [0.717, 1.165) is 31.2 Å². The second-order valence-corrected chi connectivity index (χ2v) is 8.74. The molecule has 0 amide bonds. The Balaban J connectivity index is 1.55. The van der Waals surface area contributed by atoms with Gasteiger partial charge in [-0.3, -0.25) is 4.90 Å². The van der Waals surface area contributed by atoms with Crippen LogP contribution < -0.4 is 0 Å². The van der Waals surface area contributed by atoms with Gasteiger partial charge in [0.05, 0.1) is 6.07 Å². The average molecular weight is 398 g/mol. The van der Waals surface area contributed by atoms with Crippen molar-refractivity contribution in [2.24, 2.45) is 0 Å². The first-order chi connectivity index (χ1) is 10.0. The van der Waals surface area contributed by atoms with Crippen molar-refractivity contribution in [2.75, 3.05) is 13.1 Å². The molecule has 2 nitrogen and oxygen atoms in total. The smallest absolute Gasteiger partial charge is 0.161 e. The van der Waals surface area contributed by atoms with E-state index in [-0.39, 0.29) is 3.42 Å². The van der Waals surface area contributed by atoms with Gasteiger partial charge in [-0.2, -0.15) is 5.26 Å². The lowest BCUT2D eigenvalue weighted by Crippen LogP contribution is -2.61. The van der Waals surface area contributed by atoms with E-state index in [1.165, 1.54) is 0 Å². The monoisotopic (exact) mass is 398 g/mol. The fraction of sp³-hybridized carbons (Fsp3) is 0.588. The molecule has 1 aromatic rings. The Morgan fingerprint density at radius 1 is 1.24 bits per heavy atom. The van der Waals surface area contributed by atoms with Crippen LogP contribution in [0.4, 0.5) is 4.39 Å². The van der Waals surface area contributed by atoms with Crippen molar-refractivity contribution < 1.29 is 4.39 Å². The van der Waals surface area contributed by atoms with Gasteiger partial charge in [0.2, 0.25) is 0 Å². The second-order valence-electron chi connectivity index (χ2n) is 6.45. The number of alkyl halides is 2. The average Bonchev–Trinajstić information content (AvgIpc) is 2.46. The molecule has 0 radical (unpaired) electrons. The van der Waals surface area contributed by atoms with E-state index in [1.54, 1.807) is 0 Å². The van der Waals surface area contributed by atoms with Crippen molar-refractivity contribution in [1.29, 1.82) is 5.26 Å². The maximum atomic E-state index is 14.8. The van der Waals surface area contributed by atoms with Crippen molar-refractivity contribution in [2.45, 2.75) is 47.2 Å². The van der Waals surface area contributed by atoms with Crippen LogP contribution in [0.5, 0.6) is 0 Å². The molecule has 1 aromatic carbocycles. The van der Waals surface area contributed by atoms with Gasteiger partial charge < -0.3 is 0 Å². The van der Waals surface area contributed by atoms with Gasteiger partial charge in [-0.25, -0.2) is 4.39 Å². The zero-order chi connectivity index (χ0) is 14.9. The van der Waals surface area contributed by atoms with Gasteiger partial charge in [0.15, 0.2) is 5.67 Å². The van der Waals surface area contributed by atoms with Gasteiger partial charge in [-0.1, -0.05) is 52.9 Å². The molecule has 112 valence electrons. The van der Waals surface area contributed by atoms with Crippen LogP contribution in [0, 0.1) is 11.3 Å². The fourth-order valence-electron chi connectivity index (χ4n) is 3.58. The van der Waals surface area contributed by atoms with Gasteiger partial charge in [0.1, 0.15) is 0 Å². The lowest BCUT2D eigenvalue weighted by atomic mass is 9.80. The molecule has 0 N–H and O–H groups in total. The normalized spacial score (nSPS) is 32.1. The molecular formula is C17H20FIN2. The van der Waals surface area contributed by atoms with E-state index in [0.29, 0.717) is 25.6 Å².